The van der Waals surface area contributed by atoms with E-state index >= 15 is 0 Å². The fourth-order valence-corrected chi connectivity index (χ4v) is 1.30. The van der Waals surface area contributed by atoms with E-state index in [-0.39, 0.29) is 10.9 Å². The van der Waals surface area contributed by atoms with Crippen LogP contribution in [0.15, 0.2) is 33.7 Å². The number of hydrogen-bond donors (Lipinski definition) is 0. The smallest absolute Gasteiger partial charge is 0.203 e. The van der Waals surface area contributed by atoms with E-state index in [2.05, 4.69) is 0 Å². The van der Waals surface area contributed by atoms with E-state index in [0.29, 0.717) is 17.4 Å². The maximum atomic E-state index is 11.6. The Hall–Kier alpha value is -2.41. The van der Waals surface area contributed by atoms with E-state index in [0.717, 1.165) is 6.26 Å². The molecular formula is C11H5NO3. The summed E-state index contributed by atoms with van der Waals surface area (Å²) < 4.78 is 5.07. The lowest BCUT2D eigenvalue weighted by Crippen LogP contribution is -2.07. The number of fused-ring (bicyclic) bond motifs is 1. The molecular weight excluding hydrogens is 194 g/mol. The molecule has 2 aromatic rings. The monoisotopic (exact) mass is 199 g/mol. The van der Waals surface area contributed by atoms with Gasteiger partial charge in [0.1, 0.15) is 11.8 Å². The van der Waals surface area contributed by atoms with Gasteiger partial charge in [-0.25, -0.2) is 0 Å². The molecule has 0 spiro atoms. The van der Waals surface area contributed by atoms with Gasteiger partial charge in [0.05, 0.1) is 22.6 Å². The van der Waals surface area contributed by atoms with Gasteiger partial charge in [-0.1, -0.05) is 0 Å². The van der Waals surface area contributed by atoms with E-state index in [4.69, 9.17) is 9.68 Å². The molecule has 0 atom stereocenters. The molecule has 72 valence electrons. The summed E-state index contributed by atoms with van der Waals surface area (Å²) >= 11 is 0. The van der Waals surface area contributed by atoms with Crippen LogP contribution >= 0.6 is 0 Å². The molecule has 4 heteroatoms. The molecule has 0 saturated carbocycles. The fraction of sp³-hybridized carbons (Fsp3) is 0. The summed E-state index contributed by atoms with van der Waals surface area (Å²) in [6, 6.07) is 6.40. The average molecular weight is 199 g/mol. The molecule has 0 bridgehead atoms. The van der Waals surface area contributed by atoms with Gasteiger partial charge in [-0.2, -0.15) is 5.26 Å². The summed E-state index contributed by atoms with van der Waals surface area (Å²) in [5.74, 6) is 0. The van der Waals surface area contributed by atoms with Crippen LogP contribution in [0.5, 0.6) is 0 Å². The van der Waals surface area contributed by atoms with Crippen LogP contribution in [0, 0.1) is 11.3 Å². The number of carbonyl (C=O) groups excluding carboxylic acids is 1. The second-order valence-electron chi connectivity index (χ2n) is 2.96. The van der Waals surface area contributed by atoms with Crippen molar-refractivity contribution in [2.24, 2.45) is 0 Å². The second-order valence-corrected chi connectivity index (χ2v) is 2.96. The summed E-state index contributed by atoms with van der Waals surface area (Å²) in [5, 5.41) is 8.91. The highest BCUT2D eigenvalue weighted by Gasteiger charge is 2.06. The Morgan fingerprint density at radius 3 is 2.87 bits per heavy atom. The molecule has 1 aromatic heterocycles. The van der Waals surface area contributed by atoms with Gasteiger partial charge < -0.3 is 4.42 Å². The zero-order valence-electron chi connectivity index (χ0n) is 7.56. The van der Waals surface area contributed by atoms with Crippen LogP contribution in [0.4, 0.5) is 0 Å². The minimum Gasteiger partial charge on any atom is -0.463 e. The minimum atomic E-state index is -0.414. The third kappa shape index (κ3) is 1.40. The summed E-state index contributed by atoms with van der Waals surface area (Å²) in [6.45, 7) is 0. The van der Waals surface area contributed by atoms with Crippen LogP contribution in [0.1, 0.15) is 15.9 Å². The zero-order valence-corrected chi connectivity index (χ0v) is 7.56. The zero-order chi connectivity index (χ0) is 10.8. The number of hydrogen-bond acceptors (Lipinski definition) is 4. The number of nitriles is 1. The standard InChI is InChI=1S/C11H5NO3/c12-4-7-1-2-10-9(3-7)11(14)8(5-13)6-15-10/h1-3,5-6H. The first kappa shape index (κ1) is 9.16. The van der Waals surface area contributed by atoms with Crippen molar-refractivity contribution in [2.45, 2.75) is 0 Å². The molecule has 4 nitrogen and oxygen atoms in total. The fourth-order valence-electron chi connectivity index (χ4n) is 1.30. The van der Waals surface area contributed by atoms with E-state index in [1.807, 2.05) is 6.07 Å². The van der Waals surface area contributed by atoms with Gasteiger partial charge >= 0.3 is 0 Å². The third-order valence-corrected chi connectivity index (χ3v) is 2.06. The molecule has 1 heterocycles. The first-order valence-electron chi connectivity index (χ1n) is 4.17. The largest absolute Gasteiger partial charge is 0.463 e. The number of aldehydes is 1. The van der Waals surface area contributed by atoms with Gasteiger partial charge in [0, 0.05) is 0 Å². The first-order chi connectivity index (χ1) is 7.26. The molecule has 0 radical (unpaired) electrons. The Morgan fingerprint density at radius 1 is 1.40 bits per heavy atom. The molecule has 0 aliphatic carbocycles. The Kier molecular flexibility index (Phi) is 2.07. The van der Waals surface area contributed by atoms with Crippen molar-refractivity contribution in [3.8, 4) is 6.07 Å². The maximum Gasteiger partial charge on any atom is 0.203 e. The van der Waals surface area contributed by atoms with Crippen molar-refractivity contribution in [1.29, 1.82) is 5.26 Å². The Bertz CT molecular complexity index is 634. The van der Waals surface area contributed by atoms with Gasteiger partial charge in [-0.15, -0.1) is 0 Å². The summed E-state index contributed by atoms with van der Waals surface area (Å²) in [4.78, 5) is 22.1. The molecule has 0 N–H and O–H groups in total. The lowest BCUT2D eigenvalue weighted by atomic mass is 10.1. The normalized spacial score (nSPS) is 9.80. The molecule has 1 aromatic carbocycles. The highest BCUT2D eigenvalue weighted by Crippen LogP contribution is 2.12. The quantitative estimate of drug-likeness (QED) is 0.652. The van der Waals surface area contributed by atoms with Crippen molar-refractivity contribution in [3.05, 3.63) is 45.8 Å². The van der Waals surface area contributed by atoms with Crippen molar-refractivity contribution in [2.75, 3.05) is 0 Å². The molecule has 0 saturated heterocycles. The molecule has 0 fully saturated rings. The molecule has 15 heavy (non-hydrogen) atoms. The van der Waals surface area contributed by atoms with E-state index in [9.17, 15) is 9.59 Å². The van der Waals surface area contributed by atoms with Gasteiger partial charge in [-0.05, 0) is 18.2 Å². The van der Waals surface area contributed by atoms with Crippen LogP contribution in [0.25, 0.3) is 11.0 Å². The molecule has 0 amide bonds. The highest BCUT2D eigenvalue weighted by molar-refractivity contribution is 5.84. The van der Waals surface area contributed by atoms with Crippen molar-refractivity contribution in [1.82, 2.24) is 0 Å². The number of carbonyl (C=O) groups is 1. The predicted molar refractivity (Wildman–Crippen MR) is 52.6 cm³/mol. The van der Waals surface area contributed by atoms with Crippen molar-refractivity contribution < 1.29 is 9.21 Å². The van der Waals surface area contributed by atoms with Gasteiger partial charge in [0.15, 0.2) is 6.29 Å². The van der Waals surface area contributed by atoms with Crippen molar-refractivity contribution >= 4 is 17.3 Å². The third-order valence-electron chi connectivity index (χ3n) is 2.06. The van der Waals surface area contributed by atoms with Gasteiger partial charge in [-0.3, -0.25) is 9.59 Å². The van der Waals surface area contributed by atoms with Crippen LogP contribution in [-0.4, -0.2) is 6.29 Å². The van der Waals surface area contributed by atoms with Crippen LogP contribution in [-0.2, 0) is 0 Å². The maximum absolute atomic E-state index is 11.6. The summed E-state index contributed by atoms with van der Waals surface area (Å²) in [7, 11) is 0. The molecule has 0 aliphatic rings. The van der Waals surface area contributed by atoms with Crippen LogP contribution in [0.2, 0.25) is 0 Å². The lowest BCUT2D eigenvalue weighted by Gasteiger charge is -1.96. The topological polar surface area (TPSA) is 71.1 Å². The average Bonchev–Trinajstić information content (AvgIpc) is 2.29. The molecule has 0 unspecified atom stereocenters. The van der Waals surface area contributed by atoms with Crippen LogP contribution < -0.4 is 5.43 Å². The second kappa shape index (κ2) is 3.39. The lowest BCUT2D eigenvalue weighted by molar-refractivity contribution is 0.112. The Morgan fingerprint density at radius 2 is 2.20 bits per heavy atom. The molecule has 2 rings (SSSR count). The SMILES string of the molecule is N#Cc1ccc2occ(C=O)c(=O)c2c1. The number of rotatable bonds is 1. The van der Waals surface area contributed by atoms with E-state index in [1.165, 1.54) is 12.1 Å². The predicted octanol–water partition coefficient (Wildman–Crippen LogP) is 1.48. The van der Waals surface area contributed by atoms with Crippen molar-refractivity contribution in [3.63, 3.8) is 0 Å². The minimum absolute atomic E-state index is 0.0439. The Balaban J connectivity index is 2.91. The Labute approximate surface area is 84.4 Å². The van der Waals surface area contributed by atoms with Gasteiger partial charge in [0.25, 0.3) is 0 Å². The van der Waals surface area contributed by atoms with Gasteiger partial charge in [0.2, 0.25) is 5.43 Å². The summed E-state index contributed by atoms with van der Waals surface area (Å²) in [6.07, 6.45) is 1.55. The number of benzene rings is 1. The summed E-state index contributed by atoms with van der Waals surface area (Å²) in [5.41, 5.74) is 0.267. The van der Waals surface area contributed by atoms with E-state index in [1.54, 1.807) is 6.07 Å². The number of nitrogens with zero attached hydrogens (tertiary/aromatic N) is 1. The molecule has 0 aliphatic heterocycles. The first-order valence-corrected chi connectivity index (χ1v) is 4.17. The van der Waals surface area contributed by atoms with Crippen LogP contribution in [0.3, 0.4) is 0 Å². The van der Waals surface area contributed by atoms with E-state index < -0.39 is 5.43 Å². The highest BCUT2D eigenvalue weighted by atomic mass is 16.3.